The first-order valence-corrected chi connectivity index (χ1v) is 7.30. The van der Waals surface area contributed by atoms with Crippen LogP contribution in [0.1, 0.15) is 38.5 Å². The van der Waals surface area contributed by atoms with Gasteiger partial charge in [0.1, 0.15) is 0 Å². The molecule has 4 atom stereocenters. The molecule has 5 nitrogen and oxygen atoms in total. The summed E-state index contributed by atoms with van der Waals surface area (Å²) in [6, 6.07) is 0. The van der Waals surface area contributed by atoms with E-state index in [4.69, 9.17) is 9.84 Å². The van der Waals surface area contributed by atoms with Crippen LogP contribution in [-0.2, 0) is 14.3 Å². The van der Waals surface area contributed by atoms with Crippen LogP contribution < -0.4 is 0 Å². The van der Waals surface area contributed by atoms with Crippen LogP contribution in [0.25, 0.3) is 0 Å². The van der Waals surface area contributed by atoms with Gasteiger partial charge in [0, 0.05) is 19.0 Å². The molecule has 1 aliphatic carbocycles. The van der Waals surface area contributed by atoms with Crippen molar-refractivity contribution >= 4 is 11.9 Å². The van der Waals surface area contributed by atoms with Gasteiger partial charge < -0.3 is 14.7 Å². The molecule has 4 unspecified atom stereocenters. The molecule has 2 bridgehead atoms. The van der Waals surface area contributed by atoms with Gasteiger partial charge in [0.05, 0.1) is 18.1 Å². The molecular weight excluding hydrogens is 246 g/mol. The molecule has 0 spiro atoms. The van der Waals surface area contributed by atoms with Crippen LogP contribution in [0, 0.1) is 11.8 Å². The van der Waals surface area contributed by atoms with Crippen molar-refractivity contribution in [3.8, 4) is 0 Å². The van der Waals surface area contributed by atoms with E-state index in [1.165, 1.54) is 0 Å². The highest BCUT2D eigenvalue weighted by Crippen LogP contribution is 2.33. The smallest absolute Gasteiger partial charge is 0.306 e. The van der Waals surface area contributed by atoms with E-state index in [-0.39, 0.29) is 30.0 Å². The summed E-state index contributed by atoms with van der Waals surface area (Å²) in [6.45, 7) is 1.40. The maximum atomic E-state index is 12.5. The van der Waals surface area contributed by atoms with Crippen molar-refractivity contribution in [2.75, 3.05) is 13.1 Å². The Kier molecular flexibility index (Phi) is 3.48. The minimum Gasteiger partial charge on any atom is -0.481 e. The van der Waals surface area contributed by atoms with Crippen LogP contribution in [0.5, 0.6) is 0 Å². The summed E-state index contributed by atoms with van der Waals surface area (Å²) >= 11 is 0. The molecule has 1 amide bonds. The van der Waals surface area contributed by atoms with Crippen molar-refractivity contribution in [2.24, 2.45) is 11.8 Å². The zero-order valence-electron chi connectivity index (χ0n) is 11.1. The summed E-state index contributed by atoms with van der Waals surface area (Å²) in [5, 5.41) is 9.10. The maximum Gasteiger partial charge on any atom is 0.306 e. The molecule has 0 aromatic rings. The highest BCUT2D eigenvalue weighted by atomic mass is 16.5. The molecule has 3 rings (SSSR count). The maximum absolute atomic E-state index is 12.5. The lowest BCUT2D eigenvalue weighted by Gasteiger charge is -2.36. The van der Waals surface area contributed by atoms with Crippen LogP contribution >= 0.6 is 0 Å². The minimum atomic E-state index is -0.750. The molecule has 3 aliphatic rings. The summed E-state index contributed by atoms with van der Waals surface area (Å²) < 4.78 is 5.74. The van der Waals surface area contributed by atoms with Crippen LogP contribution in [0.2, 0.25) is 0 Å². The molecule has 5 heteroatoms. The predicted octanol–water partition coefficient (Wildman–Crippen LogP) is 1.27. The van der Waals surface area contributed by atoms with E-state index in [1.54, 1.807) is 0 Å². The second-order valence-corrected chi connectivity index (χ2v) is 6.10. The quantitative estimate of drug-likeness (QED) is 0.818. The lowest BCUT2D eigenvalue weighted by Crippen LogP contribution is -2.48. The number of carboxylic acids is 1. The number of carbonyl (C=O) groups excluding carboxylic acids is 1. The first kappa shape index (κ1) is 12.9. The lowest BCUT2D eigenvalue weighted by atomic mass is 9.80. The Hall–Kier alpha value is -1.10. The number of aliphatic carboxylic acids is 1. The Balaban J connectivity index is 1.62. The van der Waals surface area contributed by atoms with Crippen LogP contribution in [0.3, 0.4) is 0 Å². The molecule has 0 aromatic heterocycles. The fourth-order valence-corrected chi connectivity index (χ4v) is 3.69. The first-order chi connectivity index (χ1) is 9.13. The Morgan fingerprint density at radius 1 is 1.00 bits per heavy atom. The molecule has 2 aliphatic heterocycles. The number of carbonyl (C=O) groups is 2. The number of rotatable bonds is 2. The van der Waals surface area contributed by atoms with Gasteiger partial charge in [0.2, 0.25) is 5.91 Å². The fraction of sp³-hybridized carbons (Fsp3) is 0.857. The zero-order valence-corrected chi connectivity index (χ0v) is 11.1. The van der Waals surface area contributed by atoms with Gasteiger partial charge in [0.15, 0.2) is 0 Å². The van der Waals surface area contributed by atoms with Gasteiger partial charge in [-0.15, -0.1) is 0 Å². The monoisotopic (exact) mass is 267 g/mol. The van der Waals surface area contributed by atoms with Crippen molar-refractivity contribution in [1.82, 2.24) is 4.90 Å². The Morgan fingerprint density at radius 3 is 2.26 bits per heavy atom. The van der Waals surface area contributed by atoms with Crippen molar-refractivity contribution in [3.63, 3.8) is 0 Å². The third kappa shape index (κ3) is 2.61. The van der Waals surface area contributed by atoms with E-state index in [1.807, 2.05) is 4.90 Å². The molecule has 0 aromatic carbocycles. The van der Waals surface area contributed by atoms with E-state index in [2.05, 4.69) is 0 Å². The summed E-state index contributed by atoms with van der Waals surface area (Å²) in [4.78, 5) is 25.5. The molecule has 1 N–H and O–H groups in total. The topological polar surface area (TPSA) is 66.8 Å². The molecule has 3 fully saturated rings. The van der Waals surface area contributed by atoms with E-state index < -0.39 is 5.97 Å². The van der Waals surface area contributed by atoms with Crippen molar-refractivity contribution in [3.05, 3.63) is 0 Å². The summed E-state index contributed by atoms with van der Waals surface area (Å²) in [6.07, 6.45) is 5.45. The SMILES string of the molecule is O=C(O)C1CCCC(C(=O)N2CC3CCC(C2)O3)C1. The molecule has 106 valence electrons. The molecule has 19 heavy (non-hydrogen) atoms. The van der Waals surface area contributed by atoms with E-state index in [0.29, 0.717) is 25.9 Å². The number of morpholine rings is 1. The number of fused-ring (bicyclic) bond motifs is 2. The van der Waals surface area contributed by atoms with Crippen molar-refractivity contribution in [1.29, 1.82) is 0 Å². The van der Waals surface area contributed by atoms with Gasteiger partial charge in [0.25, 0.3) is 0 Å². The average molecular weight is 267 g/mol. The van der Waals surface area contributed by atoms with Gasteiger partial charge in [-0.25, -0.2) is 0 Å². The molecule has 1 saturated carbocycles. The second-order valence-electron chi connectivity index (χ2n) is 6.10. The van der Waals surface area contributed by atoms with Gasteiger partial charge in [-0.05, 0) is 32.1 Å². The number of likely N-dealkylation sites (tertiary alicyclic amines) is 1. The van der Waals surface area contributed by atoms with Gasteiger partial charge >= 0.3 is 5.97 Å². The molecular formula is C14H21NO4. The van der Waals surface area contributed by atoms with Gasteiger partial charge in [-0.3, -0.25) is 9.59 Å². The molecule has 2 heterocycles. The highest BCUT2D eigenvalue weighted by Gasteiger charge is 2.39. The van der Waals surface area contributed by atoms with E-state index in [0.717, 1.165) is 25.7 Å². The minimum absolute atomic E-state index is 0.0904. The lowest BCUT2D eigenvalue weighted by molar-refractivity contribution is -0.149. The van der Waals surface area contributed by atoms with E-state index in [9.17, 15) is 9.59 Å². The number of amides is 1. The second kappa shape index (κ2) is 5.12. The summed E-state index contributed by atoms with van der Waals surface area (Å²) in [5.74, 6) is -1.02. The Bertz CT molecular complexity index is 372. The third-order valence-corrected chi connectivity index (χ3v) is 4.73. The Morgan fingerprint density at radius 2 is 1.63 bits per heavy atom. The van der Waals surface area contributed by atoms with Crippen LogP contribution in [0.4, 0.5) is 0 Å². The van der Waals surface area contributed by atoms with Gasteiger partial charge in [-0.1, -0.05) is 6.42 Å². The first-order valence-electron chi connectivity index (χ1n) is 7.30. The normalized spacial score (nSPS) is 38.2. The van der Waals surface area contributed by atoms with Crippen LogP contribution in [-0.4, -0.2) is 47.2 Å². The summed E-state index contributed by atoms with van der Waals surface area (Å²) in [5.41, 5.74) is 0. The predicted molar refractivity (Wildman–Crippen MR) is 67.6 cm³/mol. The largest absolute Gasteiger partial charge is 0.481 e. The number of hydrogen-bond acceptors (Lipinski definition) is 3. The average Bonchev–Trinajstić information content (AvgIpc) is 2.76. The Labute approximate surface area is 112 Å². The standard InChI is InChI=1S/C14H21NO4/c16-13(9-2-1-3-10(6-9)14(17)18)15-7-11-4-5-12(8-15)19-11/h9-12H,1-8H2,(H,17,18). The third-order valence-electron chi connectivity index (χ3n) is 4.73. The molecule has 0 radical (unpaired) electrons. The van der Waals surface area contributed by atoms with Crippen LogP contribution in [0.15, 0.2) is 0 Å². The van der Waals surface area contributed by atoms with Crippen molar-refractivity contribution < 1.29 is 19.4 Å². The number of carboxylic acid groups (broad SMARTS) is 1. The highest BCUT2D eigenvalue weighted by molar-refractivity contribution is 5.80. The van der Waals surface area contributed by atoms with E-state index >= 15 is 0 Å². The number of hydrogen-bond donors (Lipinski definition) is 1. The number of ether oxygens (including phenoxy) is 1. The van der Waals surface area contributed by atoms with Gasteiger partial charge in [-0.2, -0.15) is 0 Å². The molecule has 2 saturated heterocycles. The number of nitrogens with zero attached hydrogens (tertiary/aromatic N) is 1. The summed E-state index contributed by atoms with van der Waals surface area (Å²) in [7, 11) is 0. The van der Waals surface area contributed by atoms with Crippen molar-refractivity contribution in [2.45, 2.75) is 50.7 Å². The zero-order chi connectivity index (χ0) is 13.4. The fourth-order valence-electron chi connectivity index (χ4n) is 3.69.